The molecule has 0 aliphatic heterocycles. The minimum atomic E-state index is -0.265. The number of aromatic nitrogens is 1. The van der Waals surface area contributed by atoms with Crippen LogP contribution in [0.4, 0.5) is 0 Å². The molecule has 0 aromatic carbocycles. The second-order valence-corrected chi connectivity index (χ2v) is 8.49. The van der Waals surface area contributed by atoms with Gasteiger partial charge < -0.3 is 10.1 Å². The predicted molar refractivity (Wildman–Crippen MR) is 97.4 cm³/mol. The molecule has 24 heavy (non-hydrogen) atoms. The average molecular weight is 371 g/mol. The Balaban J connectivity index is 1.80. The van der Waals surface area contributed by atoms with Gasteiger partial charge in [0, 0.05) is 11.4 Å². The number of ether oxygens (including phenoxy) is 1. The third kappa shape index (κ3) is 6.43. The molecule has 0 spiro atoms. The van der Waals surface area contributed by atoms with Gasteiger partial charge in [-0.15, -0.1) is 11.3 Å². The first-order valence-electron chi connectivity index (χ1n) is 8.65. The molecule has 2 rings (SSSR count). The maximum atomic E-state index is 12.4. The second kappa shape index (κ2) is 10.0. The zero-order valence-electron chi connectivity index (χ0n) is 14.4. The molecule has 1 aliphatic rings. The van der Waals surface area contributed by atoms with E-state index < -0.39 is 0 Å². The Morgan fingerprint density at radius 1 is 1.38 bits per heavy atom. The molecule has 0 radical (unpaired) electrons. The summed E-state index contributed by atoms with van der Waals surface area (Å²) in [5.41, 5.74) is 0.706. The van der Waals surface area contributed by atoms with Crippen LogP contribution in [0.25, 0.3) is 0 Å². The number of nitrogens with zero attached hydrogens (tertiary/aromatic N) is 1. The lowest BCUT2D eigenvalue weighted by atomic mass is 10.1. The smallest absolute Gasteiger partial charge is 0.311 e. The molecule has 134 valence electrons. The van der Waals surface area contributed by atoms with Crippen molar-refractivity contribution in [3.05, 3.63) is 11.1 Å². The summed E-state index contributed by atoms with van der Waals surface area (Å²) in [7, 11) is 0. The normalized spacial score (nSPS) is 17.1. The molecule has 1 amide bonds. The van der Waals surface area contributed by atoms with Crippen LogP contribution in [0, 0.1) is 0 Å². The molecule has 1 heterocycles. The van der Waals surface area contributed by atoms with Crippen molar-refractivity contribution in [1.82, 2.24) is 10.3 Å². The van der Waals surface area contributed by atoms with Gasteiger partial charge in [0.2, 0.25) is 5.91 Å². The van der Waals surface area contributed by atoms with E-state index in [1.165, 1.54) is 48.8 Å². The van der Waals surface area contributed by atoms with Crippen LogP contribution in [-0.2, 0) is 20.7 Å². The fourth-order valence-corrected chi connectivity index (χ4v) is 4.72. The SMILES string of the molecule is CCOC(=O)Cc1csc(S[C@@H](C)C(=O)NC2CCCCCC2)n1. The Bertz CT molecular complexity index is 540. The van der Waals surface area contributed by atoms with Crippen LogP contribution < -0.4 is 5.32 Å². The second-order valence-electron chi connectivity index (χ2n) is 6.04. The largest absolute Gasteiger partial charge is 0.466 e. The maximum Gasteiger partial charge on any atom is 0.311 e. The quantitative estimate of drug-likeness (QED) is 0.451. The Morgan fingerprint density at radius 3 is 2.75 bits per heavy atom. The molecule has 1 aliphatic carbocycles. The van der Waals surface area contributed by atoms with E-state index in [1.807, 2.05) is 12.3 Å². The Kier molecular flexibility index (Phi) is 8.05. The molecule has 0 bridgehead atoms. The standard InChI is InChI=1S/C17H26N2O3S2/c1-3-22-15(20)10-14-11-23-17(19-14)24-12(2)16(21)18-13-8-6-4-5-7-9-13/h11-13H,3-10H2,1-2H3,(H,18,21)/t12-/m0/s1. The molecule has 1 N–H and O–H groups in total. The molecular formula is C17H26N2O3S2. The summed E-state index contributed by atoms with van der Waals surface area (Å²) >= 11 is 2.92. The van der Waals surface area contributed by atoms with Crippen LogP contribution in [0.3, 0.4) is 0 Å². The van der Waals surface area contributed by atoms with Gasteiger partial charge in [0.1, 0.15) is 0 Å². The summed E-state index contributed by atoms with van der Waals surface area (Å²) in [4.78, 5) is 28.3. The van der Waals surface area contributed by atoms with Gasteiger partial charge in [-0.3, -0.25) is 9.59 Å². The summed E-state index contributed by atoms with van der Waals surface area (Å²) < 4.78 is 5.74. The fraction of sp³-hybridized carbons (Fsp3) is 0.706. The third-order valence-corrected chi connectivity index (χ3v) is 6.13. The minimum Gasteiger partial charge on any atom is -0.466 e. The third-order valence-electron chi connectivity index (χ3n) is 4.01. The first kappa shape index (κ1) is 19.2. The van der Waals surface area contributed by atoms with Crippen molar-refractivity contribution in [3.8, 4) is 0 Å². The van der Waals surface area contributed by atoms with Gasteiger partial charge in [0.15, 0.2) is 4.34 Å². The molecule has 1 aromatic heterocycles. The number of esters is 1. The van der Waals surface area contributed by atoms with Crippen molar-refractivity contribution in [1.29, 1.82) is 0 Å². The van der Waals surface area contributed by atoms with Crippen LogP contribution in [0.2, 0.25) is 0 Å². The highest BCUT2D eigenvalue weighted by molar-refractivity contribution is 8.02. The van der Waals surface area contributed by atoms with E-state index in [9.17, 15) is 9.59 Å². The number of amides is 1. The molecule has 1 atom stereocenters. The molecular weight excluding hydrogens is 344 g/mol. The van der Waals surface area contributed by atoms with Crippen molar-refractivity contribution < 1.29 is 14.3 Å². The van der Waals surface area contributed by atoms with Gasteiger partial charge in [-0.05, 0) is 26.7 Å². The number of rotatable bonds is 7. The summed E-state index contributed by atoms with van der Waals surface area (Å²) in [5.74, 6) is -0.187. The summed E-state index contributed by atoms with van der Waals surface area (Å²) in [5, 5.41) is 4.85. The Labute approximate surface area is 152 Å². The fourth-order valence-electron chi connectivity index (χ4n) is 2.73. The van der Waals surface area contributed by atoms with Gasteiger partial charge in [-0.2, -0.15) is 0 Å². The highest BCUT2D eigenvalue weighted by Crippen LogP contribution is 2.27. The molecule has 0 unspecified atom stereocenters. The van der Waals surface area contributed by atoms with E-state index in [2.05, 4.69) is 10.3 Å². The van der Waals surface area contributed by atoms with E-state index in [-0.39, 0.29) is 23.5 Å². The van der Waals surface area contributed by atoms with E-state index in [0.717, 1.165) is 17.2 Å². The highest BCUT2D eigenvalue weighted by atomic mass is 32.2. The van der Waals surface area contributed by atoms with E-state index in [1.54, 1.807) is 6.92 Å². The van der Waals surface area contributed by atoms with E-state index in [0.29, 0.717) is 18.3 Å². The van der Waals surface area contributed by atoms with Crippen molar-refractivity contribution in [3.63, 3.8) is 0 Å². The molecule has 1 fully saturated rings. The monoisotopic (exact) mass is 370 g/mol. The average Bonchev–Trinajstić information content (AvgIpc) is 2.81. The van der Waals surface area contributed by atoms with Crippen LogP contribution in [-0.4, -0.2) is 34.8 Å². The van der Waals surface area contributed by atoms with Gasteiger partial charge in [-0.1, -0.05) is 37.4 Å². The Morgan fingerprint density at radius 2 is 2.08 bits per heavy atom. The molecule has 1 saturated carbocycles. The van der Waals surface area contributed by atoms with Gasteiger partial charge >= 0.3 is 5.97 Å². The highest BCUT2D eigenvalue weighted by Gasteiger charge is 2.21. The van der Waals surface area contributed by atoms with Crippen molar-refractivity contribution >= 4 is 35.0 Å². The predicted octanol–water partition coefficient (Wildman–Crippen LogP) is 3.57. The number of hydrogen-bond donors (Lipinski definition) is 1. The van der Waals surface area contributed by atoms with Crippen LogP contribution in [0.5, 0.6) is 0 Å². The molecule has 1 aromatic rings. The molecule has 0 saturated heterocycles. The number of nitrogens with one attached hydrogen (secondary N) is 1. The lowest BCUT2D eigenvalue weighted by Crippen LogP contribution is -2.39. The summed E-state index contributed by atoms with van der Waals surface area (Å²) in [6.07, 6.45) is 7.33. The van der Waals surface area contributed by atoms with Crippen LogP contribution in [0.15, 0.2) is 9.72 Å². The number of thioether (sulfide) groups is 1. The zero-order chi connectivity index (χ0) is 17.4. The maximum absolute atomic E-state index is 12.4. The van der Waals surface area contributed by atoms with Crippen LogP contribution >= 0.6 is 23.1 Å². The zero-order valence-corrected chi connectivity index (χ0v) is 16.0. The summed E-state index contributed by atoms with van der Waals surface area (Å²) in [6, 6.07) is 0.318. The lowest BCUT2D eigenvalue weighted by molar-refractivity contribution is -0.142. The first-order valence-corrected chi connectivity index (χ1v) is 10.4. The van der Waals surface area contributed by atoms with Crippen LogP contribution in [0.1, 0.15) is 58.1 Å². The van der Waals surface area contributed by atoms with Gasteiger partial charge in [-0.25, -0.2) is 4.98 Å². The van der Waals surface area contributed by atoms with E-state index in [4.69, 9.17) is 4.74 Å². The van der Waals surface area contributed by atoms with E-state index >= 15 is 0 Å². The van der Waals surface area contributed by atoms with Crippen molar-refractivity contribution in [2.24, 2.45) is 0 Å². The number of thiazole rings is 1. The minimum absolute atomic E-state index is 0.0778. The van der Waals surface area contributed by atoms with Crippen molar-refractivity contribution in [2.45, 2.75) is 74.4 Å². The topological polar surface area (TPSA) is 68.3 Å². The number of carbonyl (C=O) groups excluding carboxylic acids is 2. The molecule has 5 nitrogen and oxygen atoms in total. The van der Waals surface area contributed by atoms with Crippen molar-refractivity contribution in [2.75, 3.05) is 6.61 Å². The lowest BCUT2D eigenvalue weighted by Gasteiger charge is -2.18. The number of carbonyl (C=O) groups is 2. The number of hydrogen-bond acceptors (Lipinski definition) is 6. The molecule has 7 heteroatoms. The van der Waals surface area contributed by atoms with Gasteiger partial charge in [0.05, 0.1) is 24.0 Å². The van der Waals surface area contributed by atoms with Gasteiger partial charge in [0.25, 0.3) is 0 Å². The Hall–Kier alpha value is -1.08. The first-order chi connectivity index (χ1) is 11.6. The summed E-state index contributed by atoms with van der Waals surface area (Å²) in [6.45, 7) is 4.07.